The van der Waals surface area contributed by atoms with Gasteiger partial charge in [-0.05, 0) is 18.6 Å². The summed E-state index contributed by atoms with van der Waals surface area (Å²) in [7, 11) is 1.63. The van der Waals surface area contributed by atoms with Crippen LogP contribution in [-0.2, 0) is 4.74 Å². The highest BCUT2D eigenvalue weighted by Gasteiger charge is 2.08. The number of hydrogen-bond donors (Lipinski definition) is 2. The normalized spacial score (nSPS) is 12.8. The molecule has 0 spiro atoms. The van der Waals surface area contributed by atoms with Crippen LogP contribution in [0.25, 0.3) is 0 Å². The number of nitrogens with two attached hydrogens (primary N) is 2. The maximum absolute atomic E-state index is 5.87. The fraction of sp³-hybridized carbons (Fsp3) is 0.400. The van der Waals surface area contributed by atoms with E-state index in [-0.39, 0.29) is 6.04 Å². The lowest BCUT2D eigenvalue weighted by atomic mass is 10.0. The lowest BCUT2D eigenvalue weighted by molar-refractivity contribution is 0.181. The van der Waals surface area contributed by atoms with Gasteiger partial charge in [0.15, 0.2) is 0 Å². The van der Waals surface area contributed by atoms with Gasteiger partial charge in [0, 0.05) is 12.8 Å². The highest BCUT2D eigenvalue weighted by molar-refractivity contribution is 5.50. The highest BCUT2D eigenvalue weighted by Crippen LogP contribution is 2.19. The van der Waals surface area contributed by atoms with Gasteiger partial charge in [-0.2, -0.15) is 0 Å². The molecular formula is C10H16N2O. The van der Waals surface area contributed by atoms with Crippen molar-refractivity contribution in [3.63, 3.8) is 0 Å². The standard InChI is InChI=1S/C10H16N2O/c1-7-3-4-9(11)8(5-7)10(12)6-13-2/h3-5,10H,6,11-12H2,1-2H3. The monoisotopic (exact) mass is 180 g/mol. The van der Waals surface area contributed by atoms with Gasteiger partial charge in [-0.3, -0.25) is 0 Å². The summed E-state index contributed by atoms with van der Waals surface area (Å²) >= 11 is 0. The predicted molar refractivity (Wildman–Crippen MR) is 54.4 cm³/mol. The van der Waals surface area contributed by atoms with Crippen molar-refractivity contribution in [2.24, 2.45) is 5.73 Å². The van der Waals surface area contributed by atoms with Gasteiger partial charge in [-0.15, -0.1) is 0 Å². The summed E-state index contributed by atoms with van der Waals surface area (Å²) in [6, 6.07) is 5.71. The number of hydrogen-bond acceptors (Lipinski definition) is 3. The molecule has 0 fully saturated rings. The van der Waals surface area contributed by atoms with Crippen molar-refractivity contribution in [1.29, 1.82) is 0 Å². The van der Waals surface area contributed by atoms with E-state index >= 15 is 0 Å². The van der Waals surface area contributed by atoms with E-state index in [0.29, 0.717) is 6.61 Å². The Kier molecular flexibility index (Phi) is 3.28. The number of benzene rings is 1. The molecule has 0 heterocycles. The molecule has 0 radical (unpaired) electrons. The summed E-state index contributed by atoms with van der Waals surface area (Å²) < 4.78 is 4.97. The fourth-order valence-electron chi connectivity index (χ4n) is 1.28. The molecule has 0 saturated carbocycles. The summed E-state index contributed by atoms with van der Waals surface area (Å²) in [6.45, 7) is 2.51. The predicted octanol–water partition coefficient (Wildman–Crippen LogP) is 1.22. The van der Waals surface area contributed by atoms with Gasteiger partial charge < -0.3 is 16.2 Å². The largest absolute Gasteiger partial charge is 0.398 e. The molecule has 1 aromatic rings. The quantitative estimate of drug-likeness (QED) is 0.687. The van der Waals surface area contributed by atoms with Crippen LogP contribution in [0.1, 0.15) is 17.2 Å². The minimum atomic E-state index is -0.134. The Morgan fingerprint density at radius 3 is 2.77 bits per heavy atom. The van der Waals surface area contributed by atoms with Gasteiger partial charge in [0.2, 0.25) is 0 Å². The van der Waals surface area contributed by atoms with Crippen molar-refractivity contribution < 1.29 is 4.74 Å². The summed E-state index contributed by atoms with van der Waals surface area (Å²) in [5.74, 6) is 0. The second-order valence-corrected chi connectivity index (χ2v) is 3.19. The average molecular weight is 180 g/mol. The van der Waals surface area contributed by atoms with Crippen molar-refractivity contribution in [3.8, 4) is 0 Å². The van der Waals surface area contributed by atoms with E-state index < -0.39 is 0 Å². The Bertz CT molecular complexity index is 286. The van der Waals surface area contributed by atoms with E-state index in [1.165, 1.54) is 0 Å². The van der Waals surface area contributed by atoms with Gasteiger partial charge in [-0.1, -0.05) is 17.7 Å². The first kappa shape index (κ1) is 10.0. The zero-order valence-electron chi connectivity index (χ0n) is 8.08. The number of anilines is 1. The number of nitrogen functional groups attached to an aromatic ring is 1. The Hall–Kier alpha value is -1.06. The van der Waals surface area contributed by atoms with Crippen molar-refractivity contribution >= 4 is 5.69 Å². The maximum Gasteiger partial charge on any atom is 0.0656 e. The first-order valence-corrected chi connectivity index (χ1v) is 4.25. The number of rotatable bonds is 3. The van der Waals surface area contributed by atoms with E-state index in [1.807, 2.05) is 25.1 Å². The molecule has 0 amide bonds. The van der Waals surface area contributed by atoms with Crippen molar-refractivity contribution in [3.05, 3.63) is 29.3 Å². The number of ether oxygens (including phenoxy) is 1. The smallest absolute Gasteiger partial charge is 0.0656 e. The van der Waals surface area contributed by atoms with Crippen molar-refractivity contribution in [1.82, 2.24) is 0 Å². The summed E-state index contributed by atoms with van der Waals surface area (Å²) in [5, 5.41) is 0. The van der Waals surface area contributed by atoms with E-state index in [1.54, 1.807) is 7.11 Å². The fourth-order valence-corrected chi connectivity index (χ4v) is 1.28. The number of methoxy groups -OCH3 is 1. The highest BCUT2D eigenvalue weighted by atomic mass is 16.5. The third-order valence-electron chi connectivity index (χ3n) is 1.99. The topological polar surface area (TPSA) is 61.3 Å². The molecule has 0 aliphatic heterocycles. The van der Waals surface area contributed by atoms with Crippen molar-refractivity contribution in [2.45, 2.75) is 13.0 Å². The van der Waals surface area contributed by atoms with Crippen LogP contribution in [0.5, 0.6) is 0 Å². The van der Waals surface area contributed by atoms with Gasteiger partial charge in [-0.25, -0.2) is 0 Å². The van der Waals surface area contributed by atoms with Crippen LogP contribution in [0.4, 0.5) is 5.69 Å². The first-order chi connectivity index (χ1) is 6.15. The van der Waals surface area contributed by atoms with Gasteiger partial charge in [0.1, 0.15) is 0 Å². The lowest BCUT2D eigenvalue weighted by Crippen LogP contribution is -2.17. The third kappa shape index (κ3) is 2.44. The van der Waals surface area contributed by atoms with Crippen LogP contribution in [-0.4, -0.2) is 13.7 Å². The van der Waals surface area contributed by atoms with E-state index in [0.717, 1.165) is 16.8 Å². The van der Waals surface area contributed by atoms with E-state index in [2.05, 4.69) is 0 Å². The van der Waals surface area contributed by atoms with Crippen LogP contribution in [0.3, 0.4) is 0 Å². The minimum absolute atomic E-state index is 0.134. The zero-order valence-corrected chi connectivity index (χ0v) is 8.08. The molecular weight excluding hydrogens is 164 g/mol. The minimum Gasteiger partial charge on any atom is -0.398 e. The maximum atomic E-state index is 5.87. The summed E-state index contributed by atoms with van der Waals surface area (Å²) in [6.07, 6.45) is 0. The van der Waals surface area contributed by atoms with Crippen LogP contribution in [0.2, 0.25) is 0 Å². The van der Waals surface area contributed by atoms with E-state index in [9.17, 15) is 0 Å². The molecule has 0 aliphatic carbocycles. The molecule has 1 unspecified atom stereocenters. The third-order valence-corrected chi connectivity index (χ3v) is 1.99. The SMILES string of the molecule is COCC(N)c1cc(C)ccc1N. The van der Waals surface area contributed by atoms with Gasteiger partial charge in [0.05, 0.1) is 12.6 Å². The van der Waals surface area contributed by atoms with Crippen molar-refractivity contribution in [2.75, 3.05) is 19.5 Å². The molecule has 3 nitrogen and oxygen atoms in total. The lowest BCUT2D eigenvalue weighted by Gasteiger charge is -2.13. The van der Waals surface area contributed by atoms with E-state index in [4.69, 9.17) is 16.2 Å². The zero-order chi connectivity index (χ0) is 9.84. The molecule has 0 bridgehead atoms. The molecule has 0 aromatic heterocycles. The summed E-state index contributed by atoms with van der Waals surface area (Å²) in [5.41, 5.74) is 14.5. The Morgan fingerprint density at radius 2 is 2.15 bits per heavy atom. The molecule has 1 atom stereocenters. The second-order valence-electron chi connectivity index (χ2n) is 3.19. The second kappa shape index (κ2) is 4.25. The van der Waals surface area contributed by atoms with Gasteiger partial charge in [0.25, 0.3) is 0 Å². The van der Waals surface area contributed by atoms with Crippen LogP contribution in [0.15, 0.2) is 18.2 Å². The molecule has 1 rings (SSSR count). The van der Waals surface area contributed by atoms with Crippen LogP contribution in [0, 0.1) is 6.92 Å². The van der Waals surface area contributed by atoms with Crippen LogP contribution >= 0.6 is 0 Å². The first-order valence-electron chi connectivity index (χ1n) is 4.25. The molecule has 0 saturated heterocycles. The van der Waals surface area contributed by atoms with Gasteiger partial charge >= 0.3 is 0 Å². The average Bonchev–Trinajstić information content (AvgIpc) is 2.09. The Morgan fingerprint density at radius 1 is 1.46 bits per heavy atom. The molecule has 0 aliphatic rings. The molecule has 4 N–H and O–H groups in total. The molecule has 1 aromatic carbocycles. The molecule has 72 valence electrons. The van der Waals surface area contributed by atoms with Crippen LogP contribution < -0.4 is 11.5 Å². The Balaban J connectivity index is 2.91. The summed E-state index contributed by atoms with van der Waals surface area (Å²) in [4.78, 5) is 0. The number of aryl methyl sites for hydroxylation is 1. The Labute approximate surface area is 78.7 Å². The molecule has 3 heteroatoms. The molecule has 13 heavy (non-hydrogen) atoms.